The van der Waals surface area contributed by atoms with Crippen LogP contribution >= 0.6 is 0 Å². The lowest BCUT2D eigenvalue weighted by molar-refractivity contribution is -0.132. The lowest BCUT2D eigenvalue weighted by Gasteiger charge is -2.23. The molecule has 0 fully saturated rings. The van der Waals surface area contributed by atoms with Crippen molar-refractivity contribution in [3.63, 3.8) is 0 Å². The van der Waals surface area contributed by atoms with E-state index >= 15 is 0 Å². The summed E-state index contributed by atoms with van der Waals surface area (Å²) < 4.78 is 0. The Morgan fingerprint density at radius 1 is 1.24 bits per heavy atom. The van der Waals surface area contributed by atoms with Gasteiger partial charge in [-0.05, 0) is 32.9 Å². The summed E-state index contributed by atoms with van der Waals surface area (Å²) in [6.45, 7) is 7.86. The number of carbonyl (C=O) groups is 1. The minimum atomic E-state index is -0.224. The number of rotatable bonds is 6. The lowest BCUT2D eigenvalue weighted by atomic mass is 10.2. The minimum absolute atomic E-state index is 0.119. The Balaban J connectivity index is 1.99. The van der Waals surface area contributed by atoms with Crippen molar-refractivity contribution < 1.29 is 4.79 Å². The topological polar surface area (TPSA) is 58.1 Å². The monoisotopic (exact) mass is 286 g/mol. The van der Waals surface area contributed by atoms with Crippen molar-refractivity contribution in [1.29, 1.82) is 0 Å². The quantitative estimate of drug-likeness (QED) is 0.882. The average molecular weight is 286 g/mol. The van der Waals surface area contributed by atoms with Crippen molar-refractivity contribution >= 4 is 16.9 Å². The van der Waals surface area contributed by atoms with Crippen molar-refractivity contribution in [3.8, 4) is 0 Å². The van der Waals surface area contributed by atoms with Gasteiger partial charge in [-0.3, -0.25) is 9.78 Å². The van der Waals surface area contributed by atoms with Crippen molar-refractivity contribution in [2.24, 2.45) is 0 Å². The number of nitrogens with one attached hydrogen (secondary N) is 1. The molecule has 0 aliphatic rings. The maximum absolute atomic E-state index is 12.2. The number of fused-ring (bicyclic) bond motifs is 1. The van der Waals surface area contributed by atoms with Crippen LogP contribution in [0.5, 0.6) is 0 Å². The molecule has 0 saturated heterocycles. The Labute approximate surface area is 125 Å². The molecule has 0 spiro atoms. The minimum Gasteiger partial charge on any atom is -0.342 e. The van der Waals surface area contributed by atoms with Crippen LogP contribution in [-0.2, 0) is 11.3 Å². The number of aromatic nitrogens is 2. The molecule has 1 atom stereocenters. The second-order valence-electron chi connectivity index (χ2n) is 4.96. The van der Waals surface area contributed by atoms with E-state index in [0.717, 1.165) is 29.8 Å². The lowest BCUT2D eigenvalue weighted by Crippen LogP contribution is -2.44. The van der Waals surface area contributed by atoms with Gasteiger partial charge in [0.1, 0.15) is 0 Å². The molecule has 21 heavy (non-hydrogen) atoms. The van der Waals surface area contributed by atoms with Crippen LogP contribution < -0.4 is 5.32 Å². The average Bonchev–Trinajstić information content (AvgIpc) is 2.53. The maximum Gasteiger partial charge on any atom is 0.239 e. The predicted molar refractivity (Wildman–Crippen MR) is 83.8 cm³/mol. The van der Waals surface area contributed by atoms with E-state index in [0.29, 0.717) is 6.54 Å². The number of nitrogens with zero attached hydrogens (tertiary/aromatic N) is 3. The molecule has 2 aromatic rings. The van der Waals surface area contributed by atoms with E-state index in [1.54, 1.807) is 6.20 Å². The third-order valence-electron chi connectivity index (χ3n) is 3.53. The van der Waals surface area contributed by atoms with Crippen LogP contribution in [0.15, 0.2) is 30.5 Å². The number of likely N-dealkylation sites (N-methyl/N-ethyl adjacent to an activating group) is 1. The molecule has 0 aliphatic heterocycles. The second kappa shape index (κ2) is 7.13. The van der Waals surface area contributed by atoms with E-state index in [4.69, 9.17) is 0 Å². The summed E-state index contributed by atoms with van der Waals surface area (Å²) in [5, 5.41) is 3.22. The molecular formula is C16H22N4O. The Bertz CT molecular complexity index is 610. The van der Waals surface area contributed by atoms with E-state index in [9.17, 15) is 4.79 Å². The van der Waals surface area contributed by atoms with Crippen LogP contribution in [0.2, 0.25) is 0 Å². The number of hydrogen-bond acceptors (Lipinski definition) is 4. The summed E-state index contributed by atoms with van der Waals surface area (Å²) in [5.74, 6) is 0.119. The first-order valence-electron chi connectivity index (χ1n) is 7.38. The summed E-state index contributed by atoms with van der Waals surface area (Å²) in [6, 6.07) is 7.54. The van der Waals surface area contributed by atoms with Crippen LogP contribution in [0.3, 0.4) is 0 Å². The number of para-hydroxylation sites is 2. The SMILES string of the molecule is CCN(CC)C(=O)C(C)NCc1cnc2ccccc2n1. The van der Waals surface area contributed by atoms with Crippen molar-refractivity contribution in [3.05, 3.63) is 36.2 Å². The number of carbonyl (C=O) groups excluding carboxylic acids is 1. The molecule has 0 aliphatic carbocycles. The zero-order chi connectivity index (χ0) is 15.2. The molecule has 1 heterocycles. The third-order valence-corrected chi connectivity index (χ3v) is 3.53. The third kappa shape index (κ3) is 3.76. The summed E-state index contributed by atoms with van der Waals surface area (Å²) in [7, 11) is 0. The van der Waals surface area contributed by atoms with Gasteiger partial charge in [0, 0.05) is 19.6 Å². The second-order valence-corrected chi connectivity index (χ2v) is 4.96. The van der Waals surface area contributed by atoms with Crippen LogP contribution in [0.4, 0.5) is 0 Å². The highest BCUT2D eigenvalue weighted by Gasteiger charge is 2.17. The van der Waals surface area contributed by atoms with Crippen LogP contribution in [0.25, 0.3) is 11.0 Å². The summed E-state index contributed by atoms with van der Waals surface area (Å²) in [5.41, 5.74) is 2.60. The fraction of sp³-hybridized carbons (Fsp3) is 0.438. The van der Waals surface area contributed by atoms with Crippen LogP contribution in [-0.4, -0.2) is 39.9 Å². The van der Waals surface area contributed by atoms with Crippen LogP contribution in [0.1, 0.15) is 26.5 Å². The Hall–Kier alpha value is -2.01. The highest BCUT2D eigenvalue weighted by atomic mass is 16.2. The molecule has 1 amide bonds. The molecule has 0 bridgehead atoms. The van der Waals surface area contributed by atoms with Gasteiger partial charge in [0.2, 0.25) is 5.91 Å². The van der Waals surface area contributed by atoms with Gasteiger partial charge in [-0.15, -0.1) is 0 Å². The van der Waals surface area contributed by atoms with Crippen LogP contribution in [0, 0.1) is 0 Å². The van der Waals surface area contributed by atoms with E-state index in [2.05, 4.69) is 15.3 Å². The highest BCUT2D eigenvalue weighted by Crippen LogP contribution is 2.08. The van der Waals surface area contributed by atoms with Gasteiger partial charge in [0.15, 0.2) is 0 Å². The molecule has 0 saturated carbocycles. The van der Waals surface area contributed by atoms with Gasteiger partial charge in [-0.2, -0.15) is 0 Å². The van der Waals surface area contributed by atoms with Gasteiger partial charge in [0.25, 0.3) is 0 Å². The Morgan fingerprint density at radius 3 is 2.57 bits per heavy atom. The molecule has 5 heteroatoms. The Kier molecular flexibility index (Phi) is 5.22. The van der Waals surface area contributed by atoms with E-state index < -0.39 is 0 Å². The predicted octanol–water partition coefficient (Wildman–Crippen LogP) is 1.98. The van der Waals surface area contributed by atoms with E-state index in [1.165, 1.54) is 0 Å². The molecule has 5 nitrogen and oxygen atoms in total. The normalized spacial score (nSPS) is 12.3. The summed E-state index contributed by atoms with van der Waals surface area (Å²) in [4.78, 5) is 22.9. The van der Waals surface area contributed by atoms with Gasteiger partial charge >= 0.3 is 0 Å². The van der Waals surface area contributed by atoms with E-state index in [1.807, 2.05) is 49.9 Å². The van der Waals surface area contributed by atoms with Crippen molar-refractivity contribution in [2.75, 3.05) is 13.1 Å². The first-order valence-corrected chi connectivity index (χ1v) is 7.38. The fourth-order valence-corrected chi connectivity index (χ4v) is 2.23. The zero-order valence-electron chi connectivity index (χ0n) is 12.8. The number of amides is 1. The Morgan fingerprint density at radius 2 is 1.90 bits per heavy atom. The number of benzene rings is 1. The van der Waals surface area contributed by atoms with Gasteiger partial charge in [-0.1, -0.05) is 12.1 Å². The molecule has 1 aromatic heterocycles. The fourth-order valence-electron chi connectivity index (χ4n) is 2.23. The zero-order valence-corrected chi connectivity index (χ0v) is 12.8. The van der Waals surface area contributed by atoms with Gasteiger partial charge in [-0.25, -0.2) is 4.98 Å². The molecule has 2 rings (SSSR count). The smallest absolute Gasteiger partial charge is 0.239 e. The van der Waals surface area contributed by atoms with Crippen molar-refractivity contribution in [2.45, 2.75) is 33.4 Å². The first-order chi connectivity index (χ1) is 10.2. The molecule has 112 valence electrons. The molecular weight excluding hydrogens is 264 g/mol. The van der Waals surface area contributed by atoms with Gasteiger partial charge in [0.05, 0.1) is 29.0 Å². The first kappa shape index (κ1) is 15.4. The maximum atomic E-state index is 12.2. The van der Waals surface area contributed by atoms with E-state index in [-0.39, 0.29) is 11.9 Å². The summed E-state index contributed by atoms with van der Waals surface area (Å²) >= 11 is 0. The standard InChI is InChI=1S/C16H22N4O/c1-4-20(5-2)16(21)12(3)17-10-13-11-18-14-8-6-7-9-15(14)19-13/h6-9,11-12,17H,4-5,10H2,1-3H3. The molecule has 0 radical (unpaired) electrons. The summed E-state index contributed by atoms with van der Waals surface area (Å²) in [6.07, 6.45) is 1.75. The molecule has 1 unspecified atom stereocenters. The number of hydrogen-bond donors (Lipinski definition) is 1. The van der Waals surface area contributed by atoms with Gasteiger partial charge < -0.3 is 10.2 Å². The van der Waals surface area contributed by atoms with Crippen molar-refractivity contribution in [1.82, 2.24) is 20.2 Å². The highest BCUT2D eigenvalue weighted by molar-refractivity contribution is 5.81. The largest absolute Gasteiger partial charge is 0.342 e. The molecule has 1 N–H and O–H groups in total. The molecule has 1 aromatic carbocycles.